The number of nitrogens with zero attached hydrogens (tertiary/aromatic N) is 1. The molecule has 0 N–H and O–H groups in total. The van der Waals surface area contributed by atoms with E-state index in [2.05, 4.69) is 31.2 Å². The molecule has 0 radical (unpaired) electrons. The smallest absolute Gasteiger partial charge is 0.296 e. The summed E-state index contributed by atoms with van der Waals surface area (Å²) >= 11 is 2.04. The van der Waals surface area contributed by atoms with Gasteiger partial charge in [0.1, 0.15) is 10.1 Å². The first kappa shape index (κ1) is 18.5. The van der Waals surface area contributed by atoms with Crippen LogP contribution in [0.5, 0.6) is 0 Å². The fourth-order valence-electron chi connectivity index (χ4n) is 1.48. The molecule has 0 unspecified atom stereocenters. The fraction of sp³-hybridized carbons (Fsp3) is 0.143. The van der Waals surface area contributed by atoms with E-state index in [1.807, 2.05) is 22.6 Å². The molecule has 0 aliphatic rings. The Hall–Kier alpha value is -1.52. The van der Waals surface area contributed by atoms with Crippen LogP contribution in [0, 0.1) is 13.7 Å². The zero-order chi connectivity index (χ0) is 16.8. The topological polar surface area (TPSA) is 100 Å². The van der Waals surface area contributed by atoms with Crippen LogP contribution < -0.4 is 22.6 Å². The van der Waals surface area contributed by atoms with E-state index in [-0.39, 0.29) is 0 Å². The predicted molar refractivity (Wildman–Crippen MR) is 77.0 cm³/mol. The van der Waals surface area contributed by atoms with Crippen molar-refractivity contribution in [2.45, 2.75) is 18.2 Å². The lowest BCUT2D eigenvalue weighted by atomic mass is 10.2. The third kappa shape index (κ3) is 6.08. The van der Waals surface area contributed by atoms with Gasteiger partial charge < -0.3 is 4.55 Å². The Kier molecular flexibility index (Phi) is 6.91. The third-order valence-corrected chi connectivity index (χ3v) is 4.26. The number of rotatable bonds is 3. The zero-order valence-corrected chi connectivity index (χ0v) is 14.8. The van der Waals surface area contributed by atoms with Crippen molar-refractivity contribution < 1.29 is 40.5 Å². The summed E-state index contributed by atoms with van der Waals surface area (Å²) in [5.74, 6) is 0. The molecule has 0 amide bonds. The number of nitro benzene ring substituents is 1. The van der Waals surface area contributed by atoms with Crippen LogP contribution in [0.4, 0.5) is 5.69 Å². The summed E-state index contributed by atoms with van der Waals surface area (Å²) in [6.07, 6.45) is 1.14. The molecule has 0 heterocycles. The van der Waals surface area contributed by atoms with Crippen molar-refractivity contribution >= 4 is 15.8 Å². The van der Waals surface area contributed by atoms with Gasteiger partial charge in [-0.15, -0.1) is 0 Å². The van der Waals surface area contributed by atoms with Crippen molar-refractivity contribution in [1.29, 1.82) is 0 Å². The molecular weight excluding hydrogens is 421 g/mol. The normalized spacial score (nSPS) is 10.5. The Morgan fingerprint density at radius 2 is 1.73 bits per heavy atom. The highest BCUT2D eigenvalue weighted by molar-refractivity contribution is 7.85. The van der Waals surface area contributed by atoms with E-state index in [4.69, 9.17) is 0 Å². The summed E-state index contributed by atoms with van der Waals surface area (Å²) in [5.41, 5.74) is 0.999. The van der Waals surface area contributed by atoms with Gasteiger partial charge in [0.05, 0.1) is 9.82 Å². The summed E-state index contributed by atoms with van der Waals surface area (Å²) in [6.45, 7) is 2.17. The van der Waals surface area contributed by atoms with Crippen LogP contribution in [0.2, 0.25) is 0 Å². The van der Waals surface area contributed by atoms with Gasteiger partial charge in [0.2, 0.25) is 0 Å². The highest BCUT2D eigenvalue weighted by Gasteiger charge is 2.08. The van der Waals surface area contributed by atoms with Crippen molar-refractivity contribution in [3.05, 3.63) is 67.8 Å². The van der Waals surface area contributed by atoms with Crippen molar-refractivity contribution in [2.75, 3.05) is 0 Å². The van der Waals surface area contributed by atoms with E-state index < -0.39 is 25.6 Å². The molecule has 2 rings (SSSR count). The zero-order valence-electron chi connectivity index (χ0n) is 11.6. The van der Waals surface area contributed by atoms with Crippen LogP contribution in [-0.2, 0) is 16.5 Å². The highest BCUT2D eigenvalue weighted by atomic mass is 127. The van der Waals surface area contributed by atoms with Gasteiger partial charge in [-0.2, -0.15) is 0 Å². The van der Waals surface area contributed by atoms with Gasteiger partial charge >= 0.3 is 0 Å². The van der Waals surface area contributed by atoms with Crippen molar-refractivity contribution in [3.8, 4) is 0 Å². The second kappa shape index (κ2) is 8.20. The second-order valence-electron chi connectivity index (χ2n) is 4.21. The Morgan fingerprint density at radius 3 is 2.18 bits per heavy atom. The van der Waals surface area contributed by atoms with E-state index in [9.17, 15) is 23.1 Å². The van der Waals surface area contributed by atoms with E-state index >= 15 is 0 Å². The van der Waals surface area contributed by atoms with Gasteiger partial charge in [-0.05, 0) is 30.2 Å². The monoisotopic (exact) mass is 435 g/mol. The molecule has 2 aromatic rings. The molecular formula is C14H14INO5S. The number of aryl methyl sites for hydroxylation is 1. The van der Waals surface area contributed by atoms with E-state index in [1.54, 1.807) is 0 Å². The minimum Gasteiger partial charge on any atom is -0.744 e. The summed E-state index contributed by atoms with van der Waals surface area (Å²) in [5, 5.41) is 10.2. The lowest BCUT2D eigenvalue weighted by molar-refractivity contribution is -0.385. The summed E-state index contributed by atoms with van der Waals surface area (Å²) in [7, 11) is -4.61. The third-order valence-electron chi connectivity index (χ3n) is 2.65. The van der Waals surface area contributed by atoms with Gasteiger partial charge in [-0.1, -0.05) is 25.1 Å². The molecule has 0 atom stereocenters. The lowest BCUT2D eigenvalue weighted by Gasteiger charge is -2.05. The SMILES string of the molecule is CCc1ccc([IH+])cc1.O=[N+]([O-])c1cccc(S(=O)(=O)[O-])c1. The van der Waals surface area contributed by atoms with Gasteiger partial charge in [0.25, 0.3) is 28.3 Å². The molecule has 2 aromatic carbocycles. The number of hydrogen-bond donors (Lipinski definition) is 0. The maximum absolute atomic E-state index is 10.4. The highest BCUT2D eigenvalue weighted by Crippen LogP contribution is 2.16. The average molecular weight is 435 g/mol. The molecule has 0 aliphatic carbocycles. The van der Waals surface area contributed by atoms with E-state index in [1.165, 1.54) is 9.13 Å². The molecule has 0 saturated carbocycles. The number of halogens is 1. The van der Waals surface area contributed by atoms with Crippen LogP contribution in [0.3, 0.4) is 0 Å². The minimum atomic E-state index is -4.61. The number of hydrogen-bond acceptors (Lipinski definition) is 5. The van der Waals surface area contributed by atoms with Crippen molar-refractivity contribution in [3.63, 3.8) is 0 Å². The number of nitro groups is 1. The minimum absolute atomic E-state index is 0.420. The largest absolute Gasteiger partial charge is 0.744 e. The molecule has 0 aliphatic heterocycles. The lowest BCUT2D eigenvalue weighted by Crippen LogP contribution is -3.34. The molecule has 0 bridgehead atoms. The molecule has 0 saturated heterocycles. The summed E-state index contributed by atoms with van der Waals surface area (Å²) in [4.78, 5) is 8.82. The Balaban J connectivity index is 0.000000235. The molecule has 118 valence electrons. The number of non-ortho nitro benzene ring substituents is 1. The molecule has 8 heteroatoms. The molecule has 0 spiro atoms. The maximum Gasteiger partial charge on any atom is 0.296 e. The van der Waals surface area contributed by atoms with Crippen molar-refractivity contribution in [1.82, 2.24) is 0 Å². The van der Waals surface area contributed by atoms with Gasteiger partial charge in [0, 0.05) is 12.1 Å². The molecule has 22 heavy (non-hydrogen) atoms. The van der Waals surface area contributed by atoms with E-state index in [0.717, 1.165) is 30.7 Å². The van der Waals surface area contributed by atoms with Gasteiger partial charge in [-0.25, -0.2) is 8.42 Å². The summed E-state index contributed by atoms with van der Waals surface area (Å²) in [6, 6.07) is 12.7. The van der Waals surface area contributed by atoms with Crippen LogP contribution in [-0.4, -0.2) is 17.9 Å². The van der Waals surface area contributed by atoms with Gasteiger partial charge in [0.15, 0.2) is 3.57 Å². The first-order chi connectivity index (χ1) is 10.2. The Morgan fingerprint density at radius 1 is 1.14 bits per heavy atom. The molecule has 0 fully saturated rings. The first-order valence-electron chi connectivity index (χ1n) is 6.20. The van der Waals surface area contributed by atoms with Crippen LogP contribution in [0.15, 0.2) is 53.4 Å². The quantitative estimate of drug-likeness (QED) is 0.272. The van der Waals surface area contributed by atoms with Crippen LogP contribution >= 0.6 is 0 Å². The predicted octanol–water partition coefficient (Wildman–Crippen LogP) is -0.797. The maximum atomic E-state index is 10.4. The van der Waals surface area contributed by atoms with Crippen molar-refractivity contribution in [2.24, 2.45) is 0 Å². The standard InChI is InChI=1S/C8H10I.C6H5NO5S/c1-2-7-3-5-8(9)6-4-7;8-7(9)5-2-1-3-6(4-5)13(10,11)12/h3-6,9H,2H2,1H3;1-4H,(H,10,11,12)/q+1;/p-1. The average Bonchev–Trinajstić information content (AvgIpc) is 2.48. The molecule has 0 aromatic heterocycles. The Labute approximate surface area is 142 Å². The number of benzene rings is 2. The van der Waals surface area contributed by atoms with Crippen LogP contribution in [0.25, 0.3) is 0 Å². The fourth-order valence-corrected chi connectivity index (χ4v) is 2.38. The summed E-state index contributed by atoms with van der Waals surface area (Å²) < 4.78 is 32.6. The van der Waals surface area contributed by atoms with Crippen LogP contribution in [0.1, 0.15) is 12.5 Å². The molecule has 6 nitrogen and oxygen atoms in total. The first-order valence-corrected chi connectivity index (χ1v) is 8.77. The Bertz CT molecular complexity index is 744. The van der Waals surface area contributed by atoms with E-state index in [0.29, 0.717) is 0 Å². The second-order valence-corrected chi connectivity index (χ2v) is 6.93. The van der Waals surface area contributed by atoms with Gasteiger partial charge in [-0.3, -0.25) is 10.1 Å².